The van der Waals surface area contributed by atoms with E-state index in [1.54, 1.807) is 0 Å². The Morgan fingerprint density at radius 2 is 1.23 bits per heavy atom. The van der Waals surface area contributed by atoms with E-state index < -0.39 is 0 Å². The van der Waals surface area contributed by atoms with Gasteiger partial charge in [0, 0.05) is 32.3 Å². The van der Waals surface area contributed by atoms with E-state index in [9.17, 15) is 0 Å². The summed E-state index contributed by atoms with van der Waals surface area (Å²) < 4.78 is 2.64. The highest BCUT2D eigenvalue weighted by Crippen LogP contribution is 2.51. The lowest BCUT2D eigenvalue weighted by Gasteiger charge is -2.28. The van der Waals surface area contributed by atoms with E-state index in [1.165, 1.54) is 70.3 Å². The van der Waals surface area contributed by atoms with Gasteiger partial charge in [-0.3, -0.25) is 0 Å². The highest BCUT2D eigenvalue weighted by molar-refractivity contribution is 7.26. The number of hydrogen-bond acceptors (Lipinski definition) is 2. The van der Waals surface area contributed by atoms with Crippen molar-refractivity contribution in [2.75, 3.05) is 4.90 Å². The first-order valence-corrected chi connectivity index (χ1v) is 14.3. The second kappa shape index (κ2) is 8.30. The van der Waals surface area contributed by atoms with Crippen LogP contribution >= 0.6 is 11.3 Å². The molecule has 2 heteroatoms. The monoisotopic (exact) mass is 517 g/mol. The van der Waals surface area contributed by atoms with Crippen LogP contribution in [0.3, 0.4) is 0 Å². The van der Waals surface area contributed by atoms with Crippen molar-refractivity contribution in [3.63, 3.8) is 0 Å². The summed E-state index contributed by atoms with van der Waals surface area (Å²) >= 11 is 1.88. The molecule has 186 valence electrons. The molecular weight excluding hydrogens is 490 g/mol. The number of fused-ring (bicyclic) bond motifs is 7. The third-order valence-corrected chi connectivity index (χ3v) is 9.65. The number of thiophene rings is 1. The third-order valence-electron chi connectivity index (χ3n) is 8.44. The van der Waals surface area contributed by atoms with Crippen LogP contribution in [0.4, 0.5) is 17.1 Å². The van der Waals surface area contributed by atoms with Gasteiger partial charge in [0.05, 0.1) is 10.4 Å². The lowest BCUT2D eigenvalue weighted by Crippen LogP contribution is -2.16. The van der Waals surface area contributed by atoms with Gasteiger partial charge in [0.1, 0.15) is 0 Å². The predicted octanol–water partition coefficient (Wildman–Crippen LogP) is 11.0. The SMILES string of the molecule is CC1(C)c2ccccc2-c2ccc(N(c3ccc4ccccc4c3)c3cccc4c3sc3ccccc34)cc21. The molecule has 0 unspecified atom stereocenters. The van der Waals surface area contributed by atoms with Crippen LogP contribution < -0.4 is 4.90 Å². The largest absolute Gasteiger partial charge is 0.309 e. The maximum Gasteiger partial charge on any atom is 0.0640 e. The summed E-state index contributed by atoms with van der Waals surface area (Å²) in [6.07, 6.45) is 0. The van der Waals surface area contributed by atoms with Gasteiger partial charge in [-0.1, -0.05) is 105 Å². The summed E-state index contributed by atoms with van der Waals surface area (Å²) in [5.41, 5.74) is 9.02. The smallest absolute Gasteiger partial charge is 0.0640 e. The fourth-order valence-corrected chi connectivity index (χ4v) is 7.69. The number of anilines is 3. The van der Waals surface area contributed by atoms with E-state index in [2.05, 4.69) is 146 Å². The zero-order valence-electron chi connectivity index (χ0n) is 22.0. The number of rotatable bonds is 3. The Hall–Kier alpha value is -4.40. The Labute approximate surface area is 232 Å². The average Bonchev–Trinajstić information content (AvgIpc) is 3.47. The summed E-state index contributed by atoms with van der Waals surface area (Å²) in [5, 5.41) is 5.14. The van der Waals surface area contributed by atoms with Crippen molar-refractivity contribution < 1.29 is 0 Å². The standard InChI is InChI=1S/C37H27NS/c1-37(2)32-15-7-5-12-28(32)29-21-20-27(23-33(29)37)38(26-19-18-24-10-3-4-11-25(24)22-26)34-16-9-14-31-30-13-6-8-17-35(30)39-36(31)34/h3-23H,1-2H3. The first kappa shape index (κ1) is 22.6. The quantitative estimate of drug-likeness (QED) is 0.225. The molecule has 0 radical (unpaired) electrons. The number of hydrogen-bond donors (Lipinski definition) is 0. The van der Waals surface area contributed by atoms with Gasteiger partial charge in [0.25, 0.3) is 0 Å². The summed E-state index contributed by atoms with van der Waals surface area (Å²) in [5.74, 6) is 0. The molecule has 0 atom stereocenters. The molecule has 0 saturated heterocycles. The average molecular weight is 518 g/mol. The van der Waals surface area contributed by atoms with Crippen LogP contribution in [0.15, 0.2) is 127 Å². The second-order valence-electron chi connectivity index (χ2n) is 11.0. The molecule has 6 aromatic carbocycles. The maximum absolute atomic E-state index is 2.46. The Morgan fingerprint density at radius 3 is 2.15 bits per heavy atom. The Bertz CT molecular complexity index is 2060. The highest BCUT2D eigenvalue weighted by atomic mass is 32.1. The van der Waals surface area contributed by atoms with Gasteiger partial charge in [0.2, 0.25) is 0 Å². The van der Waals surface area contributed by atoms with Crippen molar-refractivity contribution >= 4 is 59.3 Å². The summed E-state index contributed by atoms with van der Waals surface area (Å²) in [4.78, 5) is 2.46. The van der Waals surface area contributed by atoms with E-state index in [1.807, 2.05) is 11.3 Å². The Kier molecular flexibility index (Phi) is 4.80. The number of benzene rings is 6. The molecule has 7 aromatic rings. The molecule has 0 bridgehead atoms. The van der Waals surface area contributed by atoms with Crippen LogP contribution in [-0.2, 0) is 5.41 Å². The van der Waals surface area contributed by atoms with Gasteiger partial charge in [-0.2, -0.15) is 0 Å². The molecule has 0 saturated carbocycles. The fraction of sp³-hybridized carbons (Fsp3) is 0.0811. The van der Waals surface area contributed by atoms with Crippen LogP contribution in [0.25, 0.3) is 42.1 Å². The first-order chi connectivity index (χ1) is 19.1. The normalized spacial score (nSPS) is 13.6. The summed E-state index contributed by atoms with van der Waals surface area (Å²) in [6.45, 7) is 4.71. The van der Waals surface area contributed by atoms with Crippen molar-refractivity contribution in [1.29, 1.82) is 0 Å². The molecule has 0 N–H and O–H groups in total. The molecule has 0 fully saturated rings. The molecule has 0 spiro atoms. The van der Waals surface area contributed by atoms with Crippen molar-refractivity contribution in [1.82, 2.24) is 0 Å². The van der Waals surface area contributed by atoms with Crippen LogP contribution in [0.1, 0.15) is 25.0 Å². The lowest BCUT2D eigenvalue weighted by atomic mass is 9.82. The van der Waals surface area contributed by atoms with Gasteiger partial charge in [-0.25, -0.2) is 0 Å². The van der Waals surface area contributed by atoms with Crippen molar-refractivity contribution in [2.45, 2.75) is 19.3 Å². The molecule has 1 aromatic heterocycles. The molecule has 1 aliphatic carbocycles. The molecule has 39 heavy (non-hydrogen) atoms. The van der Waals surface area contributed by atoms with Crippen LogP contribution in [0.5, 0.6) is 0 Å². The number of nitrogens with zero attached hydrogens (tertiary/aromatic N) is 1. The molecule has 0 amide bonds. The topological polar surface area (TPSA) is 3.24 Å². The zero-order valence-corrected chi connectivity index (χ0v) is 22.8. The van der Waals surface area contributed by atoms with E-state index in [4.69, 9.17) is 0 Å². The molecular formula is C37H27NS. The molecule has 1 heterocycles. The molecule has 8 rings (SSSR count). The first-order valence-electron chi connectivity index (χ1n) is 13.5. The molecule has 1 aliphatic rings. The van der Waals surface area contributed by atoms with Gasteiger partial charge in [0.15, 0.2) is 0 Å². The van der Waals surface area contributed by atoms with Gasteiger partial charge in [-0.05, 0) is 69.4 Å². The minimum absolute atomic E-state index is 0.0549. The van der Waals surface area contributed by atoms with Gasteiger partial charge in [-0.15, -0.1) is 11.3 Å². The van der Waals surface area contributed by atoms with Crippen LogP contribution in [0, 0.1) is 0 Å². The maximum atomic E-state index is 2.46. The van der Waals surface area contributed by atoms with Crippen LogP contribution in [-0.4, -0.2) is 0 Å². The Morgan fingerprint density at radius 1 is 0.538 bits per heavy atom. The van der Waals surface area contributed by atoms with E-state index >= 15 is 0 Å². The fourth-order valence-electron chi connectivity index (χ4n) is 6.48. The Balaban J connectivity index is 1.40. The van der Waals surface area contributed by atoms with E-state index in [0.29, 0.717) is 0 Å². The summed E-state index contributed by atoms with van der Waals surface area (Å²) in [6, 6.07) is 46.9. The minimum Gasteiger partial charge on any atom is -0.309 e. The lowest BCUT2D eigenvalue weighted by molar-refractivity contribution is 0.660. The van der Waals surface area contributed by atoms with Crippen molar-refractivity contribution in [2.24, 2.45) is 0 Å². The van der Waals surface area contributed by atoms with E-state index in [-0.39, 0.29) is 5.41 Å². The molecule has 0 aliphatic heterocycles. The zero-order chi connectivity index (χ0) is 26.1. The van der Waals surface area contributed by atoms with E-state index in [0.717, 1.165) is 0 Å². The minimum atomic E-state index is -0.0549. The second-order valence-corrected chi connectivity index (χ2v) is 12.1. The van der Waals surface area contributed by atoms with Crippen LogP contribution in [0.2, 0.25) is 0 Å². The third kappa shape index (κ3) is 3.32. The molecule has 1 nitrogen and oxygen atoms in total. The van der Waals surface area contributed by atoms with Gasteiger partial charge < -0.3 is 4.90 Å². The summed E-state index contributed by atoms with van der Waals surface area (Å²) in [7, 11) is 0. The van der Waals surface area contributed by atoms with Crippen molar-refractivity contribution in [3.05, 3.63) is 139 Å². The predicted molar refractivity (Wildman–Crippen MR) is 169 cm³/mol. The van der Waals surface area contributed by atoms with Gasteiger partial charge >= 0.3 is 0 Å². The van der Waals surface area contributed by atoms with Crippen molar-refractivity contribution in [3.8, 4) is 11.1 Å². The highest BCUT2D eigenvalue weighted by Gasteiger charge is 2.35.